The van der Waals surface area contributed by atoms with Crippen LogP contribution in [0, 0.1) is 0 Å². The number of methoxy groups -OCH3 is 1. The Balaban J connectivity index is 3.01. The third-order valence-electron chi connectivity index (χ3n) is 3.81. The summed E-state index contributed by atoms with van der Waals surface area (Å²) in [5.41, 5.74) is -0.237. The van der Waals surface area contributed by atoms with Crippen molar-refractivity contribution in [3.8, 4) is 0 Å². The summed E-state index contributed by atoms with van der Waals surface area (Å²) in [5, 5.41) is 20.1. The second kappa shape index (κ2) is 6.71. The lowest BCUT2D eigenvalue weighted by Gasteiger charge is -2.34. The van der Waals surface area contributed by atoms with Gasteiger partial charge in [0.2, 0.25) is 0 Å². The molecule has 19 heavy (non-hydrogen) atoms. The molecule has 0 radical (unpaired) electrons. The fraction of sp³-hybridized carbons (Fsp3) is 0.600. The molecule has 0 atom stereocenters. The standard InChI is InChI=1S/C15H23ClO3/c1-14(2,19-3)8-9-15(10-17,11-18)12-6-4-5-7-13(12)16/h4-7,17-18H,8-11H2,1-3H3. The van der Waals surface area contributed by atoms with Gasteiger partial charge in [-0.3, -0.25) is 0 Å². The Morgan fingerprint density at radius 2 is 1.68 bits per heavy atom. The highest BCUT2D eigenvalue weighted by molar-refractivity contribution is 6.31. The van der Waals surface area contributed by atoms with E-state index in [9.17, 15) is 10.2 Å². The molecule has 1 aromatic carbocycles. The van der Waals surface area contributed by atoms with Crippen LogP contribution in [0.2, 0.25) is 5.02 Å². The van der Waals surface area contributed by atoms with Crippen molar-refractivity contribution in [1.82, 2.24) is 0 Å². The number of hydrogen-bond acceptors (Lipinski definition) is 3. The fourth-order valence-electron chi connectivity index (χ4n) is 2.05. The zero-order valence-corrected chi connectivity index (χ0v) is 12.6. The summed E-state index contributed by atoms with van der Waals surface area (Å²) >= 11 is 6.20. The monoisotopic (exact) mass is 286 g/mol. The summed E-state index contributed by atoms with van der Waals surface area (Å²) in [6, 6.07) is 7.33. The van der Waals surface area contributed by atoms with Gasteiger partial charge in [0.15, 0.2) is 0 Å². The normalized spacial score (nSPS) is 12.7. The maximum Gasteiger partial charge on any atom is 0.0623 e. The van der Waals surface area contributed by atoms with Crippen LogP contribution < -0.4 is 0 Å². The van der Waals surface area contributed by atoms with Crippen molar-refractivity contribution >= 4 is 11.6 Å². The van der Waals surface area contributed by atoms with Crippen molar-refractivity contribution in [2.24, 2.45) is 0 Å². The molecule has 0 spiro atoms. The van der Waals surface area contributed by atoms with Crippen molar-refractivity contribution in [2.75, 3.05) is 20.3 Å². The van der Waals surface area contributed by atoms with Gasteiger partial charge in [-0.1, -0.05) is 29.8 Å². The predicted molar refractivity (Wildman–Crippen MR) is 77.6 cm³/mol. The Morgan fingerprint density at radius 1 is 1.11 bits per heavy atom. The van der Waals surface area contributed by atoms with Gasteiger partial charge in [-0.15, -0.1) is 0 Å². The molecule has 0 saturated carbocycles. The molecule has 4 heteroatoms. The molecule has 0 bridgehead atoms. The highest BCUT2D eigenvalue weighted by Gasteiger charge is 2.34. The van der Waals surface area contributed by atoms with Gasteiger partial charge in [-0.05, 0) is 38.3 Å². The van der Waals surface area contributed by atoms with E-state index in [1.165, 1.54) is 0 Å². The van der Waals surface area contributed by atoms with Crippen LogP contribution in [0.25, 0.3) is 0 Å². The van der Waals surface area contributed by atoms with Crippen LogP contribution in [-0.2, 0) is 10.2 Å². The number of rotatable bonds is 7. The molecule has 0 unspecified atom stereocenters. The quantitative estimate of drug-likeness (QED) is 0.810. The highest BCUT2D eigenvalue weighted by Crippen LogP contribution is 2.35. The first-order valence-corrected chi connectivity index (χ1v) is 6.80. The zero-order valence-electron chi connectivity index (χ0n) is 11.8. The van der Waals surface area contributed by atoms with E-state index in [0.29, 0.717) is 11.4 Å². The molecule has 2 N–H and O–H groups in total. The molecular formula is C15H23ClO3. The molecule has 0 saturated heterocycles. The van der Waals surface area contributed by atoms with E-state index in [1.807, 2.05) is 32.0 Å². The van der Waals surface area contributed by atoms with E-state index in [0.717, 1.165) is 12.0 Å². The summed E-state index contributed by atoms with van der Waals surface area (Å²) in [6.45, 7) is 3.68. The summed E-state index contributed by atoms with van der Waals surface area (Å²) in [4.78, 5) is 0. The third-order valence-corrected chi connectivity index (χ3v) is 4.14. The van der Waals surface area contributed by atoms with Gasteiger partial charge >= 0.3 is 0 Å². The molecule has 0 aliphatic heterocycles. The SMILES string of the molecule is COC(C)(C)CCC(CO)(CO)c1ccccc1Cl. The largest absolute Gasteiger partial charge is 0.395 e. The van der Waals surface area contributed by atoms with E-state index in [1.54, 1.807) is 13.2 Å². The molecule has 108 valence electrons. The molecule has 0 aliphatic rings. The first kappa shape index (κ1) is 16.4. The second-order valence-corrected chi connectivity index (χ2v) is 5.95. The van der Waals surface area contributed by atoms with Gasteiger partial charge in [0.1, 0.15) is 0 Å². The molecular weight excluding hydrogens is 264 g/mol. The van der Waals surface area contributed by atoms with E-state index in [-0.39, 0.29) is 18.8 Å². The minimum atomic E-state index is -0.728. The maximum absolute atomic E-state index is 9.76. The third kappa shape index (κ3) is 3.93. The van der Waals surface area contributed by atoms with Crippen molar-refractivity contribution < 1.29 is 14.9 Å². The van der Waals surface area contributed by atoms with E-state index in [2.05, 4.69) is 0 Å². The average molecular weight is 287 g/mol. The van der Waals surface area contributed by atoms with Gasteiger partial charge < -0.3 is 14.9 Å². The van der Waals surface area contributed by atoms with Crippen molar-refractivity contribution in [1.29, 1.82) is 0 Å². The van der Waals surface area contributed by atoms with Gasteiger partial charge in [-0.2, -0.15) is 0 Å². The average Bonchev–Trinajstić information content (AvgIpc) is 2.42. The summed E-state index contributed by atoms with van der Waals surface area (Å²) in [7, 11) is 1.66. The highest BCUT2D eigenvalue weighted by atomic mass is 35.5. The molecule has 0 fully saturated rings. The number of aliphatic hydroxyl groups is 2. The van der Waals surface area contributed by atoms with Crippen LogP contribution >= 0.6 is 11.6 Å². The van der Waals surface area contributed by atoms with Crippen molar-refractivity contribution in [3.05, 3.63) is 34.9 Å². The number of ether oxygens (including phenoxy) is 1. The van der Waals surface area contributed by atoms with Crippen LogP contribution in [0.3, 0.4) is 0 Å². The van der Waals surface area contributed by atoms with Crippen LogP contribution in [0.5, 0.6) is 0 Å². The molecule has 1 aromatic rings. The van der Waals surface area contributed by atoms with E-state index < -0.39 is 5.41 Å². The van der Waals surface area contributed by atoms with Crippen molar-refractivity contribution in [3.63, 3.8) is 0 Å². The fourth-order valence-corrected chi connectivity index (χ4v) is 2.38. The molecule has 0 amide bonds. The minimum absolute atomic E-state index is 0.146. The summed E-state index contributed by atoms with van der Waals surface area (Å²) in [5.74, 6) is 0. The Morgan fingerprint density at radius 3 is 2.16 bits per heavy atom. The van der Waals surface area contributed by atoms with Gasteiger partial charge in [-0.25, -0.2) is 0 Å². The van der Waals surface area contributed by atoms with Crippen molar-refractivity contribution in [2.45, 2.75) is 37.7 Å². The lowest BCUT2D eigenvalue weighted by atomic mass is 9.76. The van der Waals surface area contributed by atoms with Crippen LogP contribution in [-0.4, -0.2) is 36.1 Å². The second-order valence-electron chi connectivity index (χ2n) is 5.54. The van der Waals surface area contributed by atoms with Crippen LogP contribution in [0.4, 0.5) is 0 Å². The first-order chi connectivity index (χ1) is 8.90. The molecule has 0 heterocycles. The Bertz CT molecular complexity index is 400. The molecule has 1 rings (SSSR count). The molecule has 3 nitrogen and oxygen atoms in total. The maximum atomic E-state index is 9.76. The summed E-state index contributed by atoms with van der Waals surface area (Å²) < 4.78 is 5.39. The Kier molecular flexibility index (Phi) is 5.81. The van der Waals surface area contributed by atoms with Crippen LogP contribution in [0.1, 0.15) is 32.3 Å². The van der Waals surface area contributed by atoms with Gasteiger partial charge in [0.25, 0.3) is 0 Å². The van der Waals surface area contributed by atoms with E-state index in [4.69, 9.17) is 16.3 Å². The lowest BCUT2D eigenvalue weighted by molar-refractivity contribution is 0.000234. The van der Waals surface area contributed by atoms with Crippen LogP contribution in [0.15, 0.2) is 24.3 Å². The first-order valence-electron chi connectivity index (χ1n) is 6.43. The molecule has 0 aliphatic carbocycles. The zero-order chi connectivity index (χ0) is 14.5. The minimum Gasteiger partial charge on any atom is -0.395 e. The number of hydrogen-bond donors (Lipinski definition) is 2. The smallest absolute Gasteiger partial charge is 0.0623 e. The number of halogens is 1. The number of benzene rings is 1. The predicted octanol–water partition coefficient (Wildman–Crippen LogP) is 2.77. The Labute approximate surface area is 120 Å². The molecule has 0 aromatic heterocycles. The Hall–Kier alpha value is -0.610. The van der Waals surface area contributed by atoms with E-state index >= 15 is 0 Å². The summed E-state index contributed by atoms with van der Waals surface area (Å²) in [6.07, 6.45) is 1.32. The number of aliphatic hydroxyl groups excluding tert-OH is 2. The van der Waals surface area contributed by atoms with Gasteiger partial charge in [0, 0.05) is 17.5 Å². The topological polar surface area (TPSA) is 49.7 Å². The lowest BCUT2D eigenvalue weighted by Crippen LogP contribution is -2.38. The van der Waals surface area contributed by atoms with Gasteiger partial charge in [0.05, 0.1) is 18.8 Å².